The number of likely N-dealkylation sites (tertiary alicyclic amines) is 2. The van der Waals surface area contributed by atoms with Gasteiger partial charge in [-0.15, -0.1) is 0 Å². The number of rotatable bonds is 9. The van der Waals surface area contributed by atoms with E-state index in [2.05, 4.69) is 57.6 Å². The molecule has 2 aromatic carbocycles. The van der Waals surface area contributed by atoms with E-state index < -0.39 is 0 Å². The lowest BCUT2D eigenvalue weighted by molar-refractivity contribution is -0.126. The molecule has 0 radical (unpaired) electrons. The third-order valence-electron chi connectivity index (χ3n) is 6.89. The van der Waals surface area contributed by atoms with Crippen molar-refractivity contribution in [3.05, 3.63) is 65.2 Å². The highest BCUT2D eigenvalue weighted by atomic mass is 16.5. The van der Waals surface area contributed by atoms with E-state index >= 15 is 0 Å². The highest BCUT2D eigenvalue weighted by molar-refractivity contribution is 5.78. The van der Waals surface area contributed by atoms with E-state index in [1.165, 1.54) is 49.0 Å². The Bertz CT molecular complexity index is 886. The molecule has 2 fully saturated rings. The molecule has 2 aliphatic rings. The lowest BCUT2D eigenvalue weighted by Gasteiger charge is -2.31. The summed E-state index contributed by atoms with van der Waals surface area (Å²) >= 11 is 0. The fourth-order valence-corrected chi connectivity index (χ4v) is 5.06. The maximum Gasteiger partial charge on any atom is 0.223 e. The highest BCUT2D eigenvalue weighted by Crippen LogP contribution is 2.21. The number of ether oxygens (including phenoxy) is 1. The first kappa shape index (κ1) is 23.8. The average molecular weight is 450 g/mol. The second-order valence-electron chi connectivity index (χ2n) is 9.51. The van der Waals surface area contributed by atoms with Crippen LogP contribution in [0.3, 0.4) is 0 Å². The molecule has 0 aromatic heterocycles. The normalized spacial score (nSPS) is 18.2. The van der Waals surface area contributed by atoms with Crippen LogP contribution in [0.4, 0.5) is 0 Å². The van der Waals surface area contributed by atoms with Gasteiger partial charge in [-0.2, -0.15) is 0 Å². The molecule has 5 nitrogen and oxygen atoms in total. The number of amides is 1. The zero-order valence-electron chi connectivity index (χ0n) is 20.1. The highest BCUT2D eigenvalue weighted by Gasteiger charge is 2.25. The minimum absolute atomic E-state index is 0.118. The maximum atomic E-state index is 12.8. The summed E-state index contributed by atoms with van der Waals surface area (Å²) in [4.78, 5) is 17.8. The SMILES string of the molecule is CCOc1cccc(CN2CCC(C(=O)NCc3cccc(CN4CCCCC4)c3)CC2)c1. The Kier molecular flexibility index (Phi) is 8.79. The summed E-state index contributed by atoms with van der Waals surface area (Å²) in [6.45, 7) is 9.59. The molecule has 2 aromatic rings. The molecule has 1 N–H and O–H groups in total. The van der Waals surface area contributed by atoms with Gasteiger partial charge in [-0.3, -0.25) is 14.6 Å². The molecule has 0 saturated carbocycles. The van der Waals surface area contributed by atoms with Crippen LogP contribution in [0.15, 0.2) is 48.5 Å². The molecule has 0 spiro atoms. The first-order valence-corrected chi connectivity index (χ1v) is 12.7. The molecule has 178 valence electrons. The van der Waals surface area contributed by atoms with Gasteiger partial charge >= 0.3 is 0 Å². The summed E-state index contributed by atoms with van der Waals surface area (Å²) in [5.41, 5.74) is 3.82. The topological polar surface area (TPSA) is 44.8 Å². The molecule has 2 aliphatic heterocycles. The largest absolute Gasteiger partial charge is 0.494 e. The predicted molar refractivity (Wildman–Crippen MR) is 133 cm³/mol. The minimum atomic E-state index is 0.118. The van der Waals surface area contributed by atoms with Crippen molar-refractivity contribution in [1.82, 2.24) is 15.1 Å². The van der Waals surface area contributed by atoms with Gasteiger partial charge in [0.05, 0.1) is 6.61 Å². The van der Waals surface area contributed by atoms with Crippen molar-refractivity contribution in [1.29, 1.82) is 0 Å². The van der Waals surface area contributed by atoms with Gasteiger partial charge in [-0.25, -0.2) is 0 Å². The van der Waals surface area contributed by atoms with Crippen LogP contribution in [0, 0.1) is 5.92 Å². The van der Waals surface area contributed by atoms with Gasteiger partial charge in [-0.1, -0.05) is 42.8 Å². The van der Waals surface area contributed by atoms with Gasteiger partial charge < -0.3 is 10.1 Å². The van der Waals surface area contributed by atoms with Crippen LogP contribution in [-0.2, 0) is 24.4 Å². The smallest absolute Gasteiger partial charge is 0.223 e. The molecule has 0 atom stereocenters. The second kappa shape index (κ2) is 12.2. The quantitative estimate of drug-likeness (QED) is 0.608. The minimum Gasteiger partial charge on any atom is -0.494 e. The number of hydrogen-bond donors (Lipinski definition) is 1. The summed E-state index contributed by atoms with van der Waals surface area (Å²) < 4.78 is 5.62. The molecular formula is C28H39N3O2. The summed E-state index contributed by atoms with van der Waals surface area (Å²) in [5.74, 6) is 1.26. The Hall–Kier alpha value is -2.37. The Morgan fingerprint density at radius 1 is 0.879 bits per heavy atom. The van der Waals surface area contributed by atoms with Crippen molar-refractivity contribution in [2.24, 2.45) is 5.92 Å². The average Bonchev–Trinajstić information content (AvgIpc) is 2.84. The standard InChI is InChI=1S/C28H39N3O2/c1-2-33-27-11-7-10-25(19-27)22-31-16-12-26(13-17-31)28(32)29-20-23-8-6-9-24(18-23)21-30-14-4-3-5-15-30/h6-11,18-19,26H,2-5,12-17,20-22H2,1H3,(H,29,32). The van der Waals surface area contributed by atoms with Gasteiger partial charge in [0, 0.05) is 25.6 Å². The lowest BCUT2D eigenvalue weighted by atomic mass is 9.95. The number of carbonyl (C=O) groups is 1. The Morgan fingerprint density at radius 2 is 1.52 bits per heavy atom. The van der Waals surface area contributed by atoms with Crippen molar-refractivity contribution >= 4 is 5.91 Å². The van der Waals surface area contributed by atoms with E-state index in [4.69, 9.17) is 4.74 Å². The van der Waals surface area contributed by atoms with Crippen molar-refractivity contribution < 1.29 is 9.53 Å². The summed E-state index contributed by atoms with van der Waals surface area (Å²) in [6, 6.07) is 17.1. The number of nitrogens with one attached hydrogen (secondary N) is 1. The van der Waals surface area contributed by atoms with Crippen LogP contribution in [0.1, 0.15) is 55.7 Å². The van der Waals surface area contributed by atoms with Crippen LogP contribution in [0.5, 0.6) is 5.75 Å². The molecule has 5 heteroatoms. The molecule has 33 heavy (non-hydrogen) atoms. The predicted octanol–water partition coefficient (Wildman–Crippen LogP) is 4.60. The van der Waals surface area contributed by atoms with E-state index in [0.29, 0.717) is 13.2 Å². The summed E-state index contributed by atoms with van der Waals surface area (Å²) in [7, 11) is 0. The third kappa shape index (κ3) is 7.31. The number of piperidine rings is 2. The molecule has 4 rings (SSSR count). The van der Waals surface area contributed by atoms with E-state index in [-0.39, 0.29) is 11.8 Å². The van der Waals surface area contributed by atoms with E-state index in [1.54, 1.807) is 0 Å². The van der Waals surface area contributed by atoms with Crippen molar-refractivity contribution in [3.8, 4) is 5.75 Å². The fourth-order valence-electron chi connectivity index (χ4n) is 5.06. The molecule has 0 aliphatic carbocycles. The zero-order valence-corrected chi connectivity index (χ0v) is 20.1. The number of nitrogens with zero attached hydrogens (tertiary/aromatic N) is 2. The van der Waals surface area contributed by atoms with Gasteiger partial charge in [0.2, 0.25) is 5.91 Å². The van der Waals surface area contributed by atoms with Crippen molar-refractivity contribution in [2.45, 2.75) is 58.7 Å². The molecule has 2 saturated heterocycles. The van der Waals surface area contributed by atoms with Gasteiger partial charge in [0.1, 0.15) is 5.75 Å². The Balaban J connectivity index is 1.20. The van der Waals surface area contributed by atoms with Gasteiger partial charge in [0.25, 0.3) is 0 Å². The van der Waals surface area contributed by atoms with Gasteiger partial charge in [0.15, 0.2) is 0 Å². The van der Waals surface area contributed by atoms with Crippen LogP contribution >= 0.6 is 0 Å². The summed E-state index contributed by atoms with van der Waals surface area (Å²) in [6.07, 6.45) is 5.84. The van der Waals surface area contributed by atoms with Gasteiger partial charge in [-0.05, 0) is 87.6 Å². The molecule has 0 unspecified atom stereocenters. The first-order chi connectivity index (χ1) is 16.2. The zero-order chi connectivity index (χ0) is 22.9. The monoisotopic (exact) mass is 449 g/mol. The van der Waals surface area contributed by atoms with E-state index in [1.807, 2.05) is 13.0 Å². The van der Waals surface area contributed by atoms with Crippen LogP contribution < -0.4 is 10.1 Å². The second-order valence-corrected chi connectivity index (χ2v) is 9.51. The molecular weight excluding hydrogens is 410 g/mol. The fraction of sp³-hybridized carbons (Fsp3) is 0.536. The van der Waals surface area contributed by atoms with Crippen LogP contribution in [-0.4, -0.2) is 48.5 Å². The number of carbonyl (C=O) groups excluding carboxylic acids is 1. The van der Waals surface area contributed by atoms with Crippen molar-refractivity contribution in [3.63, 3.8) is 0 Å². The number of benzene rings is 2. The van der Waals surface area contributed by atoms with E-state index in [0.717, 1.165) is 44.8 Å². The van der Waals surface area contributed by atoms with Crippen LogP contribution in [0.25, 0.3) is 0 Å². The first-order valence-electron chi connectivity index (χ1n) is 12.7. The van der Waals surface area contributed by atoms with E-state index in [9.17, 15) is 4.79 Å². The Labute approximate surface area is 199 Å². The molecule has 1 amide bonds. The lowest BCUT2D eigenvalue weighted by Crippen LogP contribution is -2.40. The molecule has 2 heterocycles. The molecule has 0 bridgehead atoms. The summed E-state index contributed by atoms with van der Waals surface area (Å²) in [5, 5.41) is 3.20. The van der Waals surface area contributed by atoms with Crippen molar-refractivity contribution in [2.75, 3.05) is 32.8 Å². The Morgan fingerprint density at radius 3 is 2.24 bits per heavy atom. The third-order valence-corrected chi connectivity index (χ3v) is 6.89. The van der Waals surface area contributed by atoms with Crippen LogP contribution in [0.2, 0.25) is 0 Å². The number of hydrogen-bond acceptors (Lipinski definition) is 4. The maximum absolute atomic E-state index is 12.8.